The van der Waals surface area contributed by atoms with Gasteiger partial charge in [-0.05, 0) is 33.6 Å². The van der Waals surface area contributed by atoms with Crippen molar-refractivity contribution in [3.63, 3.8) is 0 Å². The molecule has 1 saturated carbocycles. The molecule has 16 heavy (non-hydrogen) atoms. The van der Waals surface area contributed by atoms with Gasteiger partial charge in [0.25, 0.3) is 0 Å². The van der Waals surface area contributed by atoms with Gasteiger partial charge in [0.1, 0.15) is 0 Å². The normalized spacial score (nSPS) is 24.8. The highest BCUT2D eigenvalue weighted by Crippen LogP contribution is 2.34. The van der Waals surface area contributed by atoms with Gasteiger partial charge >= 0.3 is 0 Å². The molecule has 1 spiro atoms. The summed E-state index contributed by atoms with van der Waals surface area (Å²) in [7, 11) is 0. The summed E-state index contributed by atoms with van der Waals surface area (Å²) in [5.41, 5.74) is 4.46. The van der Waals surface area contributed by atoms with Crippen LogP contribution in [0.2, 0.25) is 0 Å². The molecule has 0 unspecified atom stereocenters. The van der Waals surface area contributed by atoms with Gasteiger partial charge in [-0.25, -0.2) is 0 Å². The topological polar surface area (TPSA) is 42.9 Å². The third-order valence-corrected chi connectivity index (χ3v) is 2.95. The lowest BCUT2D eigenvalue weighted by molar-refractivity contribution is -0.167. The van der Waals surface area contributed by atoms with E-state index in [1.54, 1.807) is 0 Å². The largest absolute Gasteiger partial charge is 0.348 e. The Bertz CT molecular complexity index is 263. The van der Waals surface area contributed by atoms with Gasteiger partial charge in [-0.3, -0.25) is 0 Å². The second kappa shape index (κ2) is 4.34. The Morgan fingerprint density at radius 1 is 1.12 bits per heavy atom. The fourth-order valence-corrected chi connectivity index (χ4v) is 2.06. The molecule has 0 bridgehead atoms. The van der Waals surface area contributed by atoms with Crippen molar-refractivity contribution in [2.24, 2.45) is 5.10 Å². The average Bonchev–Trinajstić information content (AvgIpc) is 2.65. The van der Waals surface area contributed by atoms with Gasteiger partial charge in [0.15, 0.2) is 5.79 Å². The predicted molar refractivity (Wildman–Crippen MR) is 63.4 cm³/mol. The fourth-order valence-electron chi connectivity index (χ4n) is 2.06. The number of nitrogens with zero attached hydrogens (tertiary/aromatic N) is 1. The van der Waals surface area contributed by atoms with Gasteiger partial charge < -0.3 is 14.9 Å². The Morgan fingerprint density at radius 3 is 2.19 bits per heavy atom. The maximum Gasteiger partial charge on any atom is 0.169 e. The van der Waals surface area contributed by atoms with Crippen LogP contribution < -0.4 is 5.43 Å². The van der Waals surface area contributed by atoms with Gasteiger partial charge in [-0.15, -0.1) is 0 Å². The van der Waals surface area contributed by atoms with E-state index in [-0.39, 0.29) is 11.3 Å². The molecule has 0 aromatic carbocycles. The lowest BCUT2D eigenvalue weighted by Gasteiger charge is -2.32. The smallest absolute Gasteiger partial charge is 0.169 e. The standard InChI is InChI=1S/C12H22N2O2/c1-11(2,3)14-13-10-4-6-12(7-5-10)15-8-9-16-12/h14H,4-9H2,1-3H3. The Morgan fingerprint density at radius 2 is 1.69 bits per heavy atom. The minimum absolute atomic E-state index is 0.0441. The van der Waals surface area contributed by atoms with Gasteiger partial charge in [0.2, 0.25) is 0 Å². The first kappa shape index (κ1) is 11.9. The minimum Gasteiger partial charge on any atom is -0.348 e. The number of hydrogen-bond acceptors (Lipinski definition) is 4. The van der Waals surface area contributed by atoms with Crippen molar-refractivity contribution in [3.8, 4) is 0 Å². The van der Waals surface area contributed by atoms with Crippen LogP contribution in [-0.2, 0) is 9.47 Å². The third-order valence-electron chi connectivity index (χ3n) is 2.95. The molecule has 1 aliphatic carbocycles. The molecule has 1 aliphatic heterocycles. The first-order valence-electron chi connectivity index (χ1n) is 6.10. The van der Waals surface area contributed by atoms with E-state index in [9.17, 15) is 0 Å². The molecule has 2 fully saturated rings. The monoisotopic (exact) mass is 226 g/mol. The summed E-state index contributed by atoms with van der Waals surface area (Å²) in [6.07, 6.45) is 3.83. The number of hydrogen-bond donors (Lipinski definition) is 1. The molecule has 92 valence electrons. The van der Waals surface area contributed by atoms with Crippen molar-refractivity contribution in [2.75, 3.05) is 13.2 Å². The zero-order valence-corrected chi connectivity index (χ0v) is 10.5. The van der Waals surface area contributed by atoms with Crippen LogP contribution in [0.3, 0.4) is 0 Å². The molecule has 0 aromatic heterocycles. The SMILES string of the molecule is CC(C)(C)NN=C1CCC2(CC1)OCCO2. The second-order valence-electron chi connectivity index (χ2n) is 5.65. The number of nitrogens with one attached hydrogen (secondary N) is 1. The summed E-state index contributed by atoms with van der Waals surface area (Å²) < 4.78 is 11.4. The van der Waals surface area contributed by atoms with E-state index in [4.69, 9.17) is 9.47 Å². The van der Waals surface area contributed by atoms with Crippen molar-refractivity contribution in [2.45, 2.75) is 57.8 Å². The Labute approximate surface area is 97.4 Å². The molecule has 0 atom stereocenters. The van der Waals surface area contributed by atoms with Crippen molar-refractivity contribution in [1.82, 2.24) is 5.43 Å². The van der Waals surface area contributed by atoms with Crippen molar-refractivity contribution < 1.29 is 9.47 Å². The highest BCUT2D eigenvalue weighted by molar-refractivity contribution is 5.85. The zero-order chi connectivity index (χ0) is 11.6. The van der Waals surface area contributed by atoms with Crippen LogP contribution in [0, 0.1) is 0 Å². The Balaban J connectivity index is 1.85. The fraction of sp³-hybridized carbons (Fsp3) is 0.917. The van der Waals surface area contributed by atoms with E-state index >= 15 is 0 Å². The van der Waals surface area contributed by atoms with Crippen LogP contribution in [0.4, 0.5) is 0 Å². The van der Waals surface area contributed by atoms with E-state index in [2.05, 4.69) is 31.3 Å². The van der Waals surface area contributed by atoms with Crippen molar-refractivity contribution >= 4 is 5.71 Å². The molecule has 2 rings (SSSR count). The zero-order valence-electron chi connectivity index (χ0n) is 10.5. The molecular formula is C12H22N2O2. The Hall–Kier alpha value is -0.610. The van der Waals surface area contributed by atoms with Crippen LogP contribution in [-0.4, -0.2) is 30.3 Å². The van der Waals surface area contributed by atoms with Crippen molar-refractivity contribution in [1.29, 1.82) is 0 Å². The van der Waals surface area contributed by atoms with Crippen LogP contribution in [0.1, 0.15) is 46.5 Å². The van der Waals surface area contributed by atoms with E-state index in [0.717, 1.165) is 38.9 Å². The average molecular weight is 226 g/mol. The lowest BCUT2D eigenvalue weighted by atomic mass is 9.92. The molecule has 4 nitrogen and oxygen atoms in total. The van der Waals surface area contributed by atoms with E-state index < -0.39 is 0 Å². The second-order valence-corrected chi connectivity index (χ2v) is 5.65. The first-order valence-corrected chi connectivity index (χ1v) is 6.10. The summed E-state index contributed by atoms with van der Waals surface area (Å²) in [4.78, 5) is 0. The van der Waals surface area contributed by atoms with Gasteiger partial charge in [0.05, 0.1) is 13.2 Å². The maximum atomic E-state index is 5.68. The van der Waals surface area contributed by atoms with Crippen LogP contribution in [0.5, 0.6) is 0 Å². The van der Waals surface area contributed by atoms with Crippen LogP contribution in [0.25, 0.3) is 0 Å². The van der Waals surface area contributed by atoms with E-state index in [1.165, 1.54) is 5.71 Å². The number of hydrazone groups is 1. The molecule has 2 aliphatic rings. The summed E-state index contributed by atoms with van der Waals surface area (Å²) in [5.74, 6) is -0.277. The van der Waals surface area contributed by atoms with Crippen LogP contribution >= 0.6 is 0 Å². The minimum atomic E-state index is -0.277. The number of rotatable bonds is 1. The molecule has 0 aromatic rings. The highest BCUT2D eigenvalue weighted by Gasteiger charge is 2.39. The maximum absolute atomic E-state index is 5.68. The van der Waals surface area contributed by atoms with Gasteiger partial charge in [-0.1, -0.05) is 0 Å². The molecule has 1 N–H and O–H groups in total. The third kappa shape index (κ3) is 2.95. The quantitative estimate of drug-likeness (QED) is 0.696. The molecule has 0 radical (unpaired) electrons. The summed E-state index contributed by atoms with van der Waals surface area (Å²) in [5, 5.41) is 4.46. The summed E-state index contributed by atoms with van der Waals surface area (Å²) >= 11 is 0. The predicted octanol–water partition coefficient (Wildman–Crippen LogP) is 2.05. The molecular weight excluding hydrogens is 204 g/mol. The van der Waals surface area contributed by atoms with Crippen LogP contribution in [0.15, 0.2) is 5.10 Å². The van der Waals surface area contributed by atoms with E-state index in [0.29, 0.717) is 0 Å². The molecule has 1 saturated heterocycles. The van der Waals surface area contributed by atoms with Crippen molar-refractivity contribution in [3.05, 3.63) is 0 Å². The lowest BCUT2D eigenvalue weighted by Crippen LogP contribution is -2.37. The van der Waals surface area contributed by atoms with Gasteiger partial charge in [0, 0.05) is 24.1 Å². The molecule has 0 amide bonds. The van der Waals surface area contributed by atoms with E-state index in [1.807, 2.05) is 0 Å². The summed E-state index contributed by atoms with van der Waals surface area (Å²) in [6, 6.07) is 0. The molecule has 4 heteroatoms. The molecule has 1 heterocycles. The first-order chi connectivity index (χ1) is 7.49. The number of ether oxygens (including phenoxy) is 2. The Kier molecular flexibility index (Phi) is 3.22. The summed E-state index contributed by atoms with van der Waals surface area (Å²) in [6.45, 7) is 7.83. The van der Waals surface area contributed by atoms with Gasteiger partial charge in [-0.2, -0.15) is 5.10 Å². The highest BCUT2D eigenvalue weighted by atomic mass is 16.7.